The maximum Gasteiger partial charge on any atom is 0.0671 e. The monoisotopic (exact) mass is 97.1 g/mol. The van der Waals surface area contributed by atoms with E-state index in [9.17, 15) is 0 Å². The molecule has 0 aromatic rings. The third-order valence-electron chi connectivity index (χ3n) is 0.376. The molecule has 0 rings (SSSR count). The van der Waals surface area contributed by atoms with Gasteiger partial charge in [-0.05, 0) is 6.92 Å². The maximum absolute atomic E-state index is 6.25. The summed E-state index contributed by atoms with van der Waals surface area (Å²) in [5.74, 6) is 0. The Morgan fingerprint density at radius 2 is 2.14 bits per heavy atom. The average Bonchev–Trinajstić information content (AvgIpc) is 1.69. The molecule has 0 unspecified atom stereocenters. The minimum Gasteiger partial charge on any atom is -0.268 e. The molecule has 0 fully saturated rings. The Balaban J connectivity index is 3.27. The quantitative estimate of drug-likeness (QED) is 0.401. The van der Waals surface area contributed by atoms with E-state index in [4.69, 9.17) is 5.53 Å². The Bertz CT molecular complexity index is 93.1. The van der Waals surface area contributed by atoms with E-state index in [2.05, 4.69) is 10.1 Å². The second-order valence-corrected chi connectivity index (χ2v) is 0.835. The molecule has 0 aliphatic carbocycles. The lowest BCUT2D eigenvalue weighted by atomic mass is 10.8. The summed E-state index contributed by atoms with van der Waals surface area (Å²) in [4.78, 5) is 3.64. The molecular weight excluding hydrogens is 90.1 g/mol. The molecule has 0 radical (unpaired) electrons. The van der Waals surface area contributed by atoms with Crippen LogP contribution in [-0.2, 0) is 0 Å². The normalized spacial score (nSPS) is 11.0. The van der Waals surface area contributed by atoms with Crippen LogP contribution in [0.15, 0.2) is 22.5 Å². The van der Waals surface area contributed by atoms with Crippen molar-refractivity contribution in [2.24, 2.45) is 10.1 Å². The molecule has 0 aliphatic heterocycles. The van der Waals surface area contributed by atoms with Crippen molar-refractivity contribution in [3.05, 3.63) is 12.4 Å². The third kappa shape index (κ3) is 5.01. The maximum atomic E-state index is 6.25. The molecule has 0 amide bonds. The van der Waals surface area contributed by atoms with Crippen molar-refractivity contribution < 1.29 is 0 Å². The number of aliphatic imine (C=N–C) groups is 1. The molecule has 0 saturated carbocycles. The van der Waals surface area contributed by atoms with Gasteiger partial charge in [-0.1, -0.05) is 0 Å². The number of hydrogen-bond acceptors (Lipinski definition) is 3. The second-order valence-electron chi connectivity index (χ2n) is 0.835. The van der Waals surface area contributed by atoms with Crippen LogP contribution >= 0.6 is 0 Å². The summed E-state index contributed by atoms with van der Waals surface area (Å²) in [6.45, 7) is 1.80. The van der Waals surface area contributed by atoms with Gasteiger partial charge < -0.3 is 0 Å². The Morgan fingerprint density at radius 3 is 2.57 bits per heavy atom. The molecule has 1 N–H and O–H groups in total. The van der Waals surface area contributed by atoms with Crippen LogP contribution in [0.3, 0.4) is 0 Å². The first-order valence-electron chi connectivity index (χ1n) is 1.91. The van der Waals surface area contributed by atoms with Crippen LogP contribution in [0, 0.1) is 5.53 Å². The molecule has 0 bridgehead atoms. The van der Waals surface area contributed by atoms with Crippen LogP contribution in [0.4, 0.5) is 0 Å². The van der Waals surface area contributed by atoms with Gasteiger partial charge >= 0.3 is 0 Å². The van der Waals surface area contributed by atoms with Gasteiger partial charge in [0.1, 0.15) is 0 Å². The zero-order chi connectivity index (χ0) is 5.54. The predicted octanol–water partition coefficient (Wildman–Crippen LogP) is 1.58. The van der Waals surface area contributed by atoms with Crippen molar-refractivity contribution in [1.82, 2.24) is 0 Å². The van der Waals surface area contributed by atoms with Crippen LogP contribution in [-0.4, -0.2) is 6.21 Å². The van der Waals surface area contributed by atoms with Crippen LogP contribution < -0.4 is 0 Å². The van der Waals surface area contributed by atoms with Gasteiger partial charge in [0.2, 0.25) is 0 Å². The first kappa shape index (κ1) is 6.01. The van der Waals surface area contributed by atoms with Gasteiger partial charge in [0.25, 0.3) is 0 Å². The fourth-order valence-electron chi connectivity index (χ4n) is 0.158. The summed E-state index contributed by atoms with van der Waals surface area (Å²) in [6, 6.07) is 0. The van der Waals surface area contributed by atoms with E-state index in [-0.39, 0.29) is 0 Å². The van der Waals surface area contributed by atoms with Crippen LogP contribution in [0.2, 0.25) is 0 Å². The van der Waals surface area contributed by atoms with Gasteiger partial charge in [-0.2, -0.15) is 5.11 Å². The van der Waals surface area contributed by atoms with Gasteiger partial charge in [0, 0.05) is 12.4 Å². The molecule has 0 atom stereocenters. The summed E-state index contributed by atoms with van der Waals surface area (Å²) in [5.41, 5.74) is 6.25. The van der Waals surface area contributed by atoms with E-state index < -0.39 is 0 Å². The molecule has 0 aromatic carbocycles. The van der Waals surface area contributed by atoms with E-state index in [1.807, 2.05) is 0 Å². The van der Waals surface area contributed by atoms with Gasteiger partial charge in [-0.15, -0.1) is 0 Å². The SMILES string of the molecule is CC=NC=CN=N. The first-order chi connectivity index (χ1) is 3.41. The molecule has 0 aromatic heterocycles. The molecule has 0 heterocycles. The Morgan fingerprint density at radius 1 is 1.43 bits per heavy atom. The standard InChI is InChI=1S/C4H7N3/c1-2-6-3-4-7-5/h2-5H,1H3. The van der Waals surface area contributed by atoms with Crippen LogP contribution in [0.1, 0.15) is 6.92 Å². The summed E-state index contributed by atoms with van der Waals surface area (Å²) >= 11 is 0. The molecule has 38 valence electrons. The summed E-state index contributed by atoms with van der Waals surface area (Å²) in [6.07, 6.45) is 4.38. The second kappa shape index (κ2) is 5.01. The highest BCUT2D eigenvalue weighted by atomic mass is 14.9. The predicted molar refractivity (Wildman–Crippen MR) is 28.5 cm³/mol. The first-order valence-corrected chi connectivity index (χ1v) is 1.91. The van der Waals surface area contributed by atoms with E-state index in [0.717, 1.165) is 0 Å². The Kier molecular flexibility index (Phi) is 4.30. The van der Waals surface area contributed by atoms with Gasteiger partial charge in [-0.3, -0.25) is 4.99 Å². The van der Waals surface area contributed by atoms with Crippen molar-refractivity contribution in [2.45, 2.75) is 6.92 Å². The smallest absolute Gasteiger partial charge is 0.0671 e. The molecule has 3 heteroatoms. The lowest BCUT2D eigenvalue weighted by Gasteiger charge is -1.65. The Labute approximate surface area is 42.3 Å². The molecule has 0 aliphatic rings. The van der Waals surface area contributed by atoms with Crippen molar-refractivity contribution in [2.75, 3.05) is 0 Å². The highest BCUT2D eigenvalue weighted by Crippen LogP contribution is 1.71. The van der Waals surface area contributed by atoms with Crippen molar-refractivity contribution in [3.8, 4) is 0 Å². The number of nitrogens with zero attached hydrogens (tertiary/aromatic N) is 2. The minimum absolute atomic E-state index is 1.31. The zero-order valence-electron chi connectivity index (χ0n) is 4.13. The van der Waals surface area contributed by atoms with Crippen molar-refractivity contribution >= 4 is 6.21 Å². The lowest BCUT2D eigenvalue weighted by Crippen LogP contribution is -1.51. The Hall–Kier alpha value is -0.990. The van der Waals surface area contributed by atoms with E-state index in [0.29, 0.717) is 0 Å². The molecular formula is C4H7N3. The minimum atomic E-state index is 1.31. The summed E-state index contributed by atoms with van der Waals surface area (Å²) in [5, 5.41) is 2.93. The van der Waals surface area contributed by atoms with Gasteiger partial charge in [0.15, 0.2) is 0 Å². The molecule has 3 nitrogen and oxygen atoms in total. The lowest BCUT2D eigenvalue weighted by molar-refractivity contribution is 1.14. The molecule has 0 saturated heterocycles. The topological polar surface area (TPSA) is 48.6 Å². The summed E-state index contributed by atoms with van der Waals surface area (Å²) < 4.78 is 0. The number of nitrogens with one attached hydrogen (secondary N) is 1. The van der Waals surface area contributed by atoms with Gasteiger partial charge in [0.05, 0.1) is 6.20 Å². The number of rotatable bonds is 2. The number of hydrogen-bond donors (Lipinski definition) is 1. The third-order valence-corrected chi connectivity index (χ3v) is 0.376. The fraction of sp³-hybridized carbons (Fsp3) is 0.250. The highest BCUT2D eigenvalue weighted by molar-refractivity contribution is 5.54. The summed E-state index contributed by atoms with van der Waals surface area (Å²) in [7, 11) is 0. The van der Waals surface area contributed by atoms with Gasteiger partial charge in [-0.25, -0.2) is 5.53 Å². The highest BCUT2D eigenvalue weighted by Gasteiger charge is 1.53. The average molecular weight is 97.1 g/mol. The molecule has 0 spiro atoms. The van der Waals surface area contributed by atoms with E-state index >= 15 is 0 Å². The zero-order valence-corrected chi connectivity index (χ0v) is 4.13. The molecule has 7 heavy (non-hydrogen) atoms. The van der Waals surface area contributed by atoms with E-state index in [1.54, 1.807) is 13.1 Å². The van der Waals surface area contributed by atoms with Crippen molar-refractivity contribution in [3.63, 3.8) is 0 Å². The fourth-order valence-corrected chi connectivity index (χ4v) is 0.158. The largest absolute Gasteiger partial charge is 0.268 e. The van der Waals surface area contributed by atoms with Crippen molar-refractivity contribution in [1.29, 1.82) is 5.53 Å². The van der Waals surface area contributed by atoms with Crippen LogP contribution in [0.25, 0.3) is 0 Å². The van der Waals surface area contributed by atoms with Crippen LogP contribution in [0.5, 0.6) is 0 Å². The van der Waals surface area contributed by atoms with E-state index in [1.165, 1.54) is 12.4 Å².